The van der Waals surface area contributed by atoms with Crippen LogP contribution in [0.4, 0.5) is 0 Å². The highest BCUT2D eigenvalue weighted by Crippen LogP contribution is 2.29. The van der Waals surface area contributed by atoms with Crippen molar-refractivity contribution in [1.29, 1.82) is 10.7 Å². The second-order valence-corrected chi connectivity index (χ2v) is 19.0. The number of piperidine rings is 2. The van der Waals surface area contributed by atoms with Gasteiger partial charge in [0.25, 0.3) is 11.1 Å². The number of hydrogen-bond acceptors (Lipinski definition) is 9. The van der Waals surface area contributed by atoms with E-state index in [9.17, 15) is 20.0 Å². The molecule has 8 rings (SSSR count). The van der Waals surface area contributed by atoms with Gasteiger partial charge in [0.2, 0.25) is 0 Å². The Kier molecular flexibility index (Phi) is 16.4. The Balaban J connectivity index is 0.000000199. The first-order valence-electron chi connectivity index (χ1n) is 24.6. The molecule has 0 radical (unpaired) electrons. The van der Waals surface area contributed by atoms with Crippen molar-refractivity contribution in [1.82, 2.24) is 28.9 Å². The summed E-state index contributed by atoms with van der Waals surface area (Å²) in [5.74, 6) is -0.180. The van der Waals surface area contributed by atoms with Crippen molar-refractivity contribution in [3.63, 3.8) is 0 Å². The molecule has 6 aromatic rings. The minimum Gasteiger partial charge on any atom is -0.507 e. The van der Waals surface area contributed by atoms with Gasteiger partial charge in [0.05, 0.1) is 33.7 Å². The van der Waals surface area contributed by atoms with Crippen LogP contribution in [0.25, 0.3) is 44.6 Å². The van der Waals surface area contributed by atoms with Crippen LogP contribution in [-0.2, 0) is 13.1 Å². The summed E-state index contributed by atoms with van der Waals surface area (Å²) in [6, 6.07) is 30.3. The first-order chi connectivity index (χ1) is 32.4. The van der Waals surface area contributed by atoms with E-state index in [0.717, 1.165) is 79.3 Å². The van der Waals surface area contributed by atoms with E-state index >= 15 is 0 Å². The molecule has 4 N–H and O–H groups in total. The van der Waals surface area contributed by atoms with E-state index in [4.69, 9.17) is 16.1 Å². The lowest BCUT2D eigenvalue weighted by atomic mass is 9.97. The van der Waals surface area contributed by atoms with Gasteiger partial charge in [-0.3, -0.25) is 24.8 Å². The molecular weight excluding hydrogens is 835 g/mol. The largest absolute Gasteiger partial charge is 0.507 e. The van der Waals surface area contributed by atoms with Crippen LogP contribution in [0, 0.1) is 23.7 Å². The van der Waals surface area contributed by atoms with Gasteiger partial charge in [-0.15, -0.1) is 0 Å². The summed E-state index contributed by atoms with van der Waals surface area (Å²) in [6.07, 6.45) is 14.1. The number of para-hydroxylation sites is 4. The Labute approximate surface area is 395 Å². The number of fused-ring (bicyclic) bond motifs is 2. The van der Waals surface area contributed by atoms with E-state index in [1.54, 1.807) is 28.8 Å². The number of amidine groups is 1. The van der Waals surface area contributed by atoms with Gasteiger partial charge in [0, 0.05) is 53.9 Å². The number of aryl methyl sites for hydroxylation is 3. The SMILES string of the molecule is C[C@@H]1CCC[C@H](C)N1CCCCCn1c(=O)c(-c2cc(C(=N)N)ccc2O)nc2ccccc21.Cc1ccc(C#N)cc1-c1nc2ccccc2n(CCCCCN2[C@H](C)CCC[C@@H]2C)c1=O. The van der Waals surface area contributed by atoms with Crippen molar-refractivity contribution in [2.75, 3.05) is 13.1 Å². The molecule has 0 spiro atoms. The standard InChI is InChI=1S/C28H34N4O.C27H35N5O2/c1-20-14-15-23(19-29)18-24(20)27-28(33)32(26-13-6-5-12-25(26)30-27)17-8-4-7-16-31-21(2)10-9-11-22(31)3;1-18-9-8-10-19(2)31(18)15-6-3-7-16-32-23-12-5-4-11-22(23)30-25(27(32)34)21-17-20(26(28)29)13-14-24(21)33/h5-6,12-15,18,21-22H,4,7-11,16-17H2,1-3H3;4-5,11-14,17-19,33H,3,6-10,15-16H2,1-2H3,(H3,28,29)/t21-,22+;18-,19+. The smallest absolute Gasteiger partial charge is 0.277 e. The number of nitrogens with two attached hydrogens (primary N) is 1. The van der Waals surface area contributed by atoms with Gasteiger partial charge in [0.15, 0.2) is 0 Å². The molecule has 0 amide bonds. The third-order valence-electron chi connectivity index (χ3n) is 14.2. The maximum Gasteiger partial charge on any atom is 0.277 e. The number of nitriles is 1. The lowest BCUT2D eigenvalue weighted by Gasteiger charge is -2.39. The van der Waals surface area contributed by atoms with Crippen LogP contribution in [0.3, 0.4) is 0 Å². The molecule has 4 aromatic carbocycles. The Morgan fingerprint density at radius 3 is 1.60 bits per heavy atom. The van der Waals surface area contributed by atoms with Crippen LogP contribution in [0.15, 0.2) is 94.5 Å². The number of hydrogen-bond donors (Lipinski definition) is 3. The highest BCUT2D eigenvalue weighted by atomic mass is 16.3. The summed E-state index contributed by atoms with van der Waals surface area (Å²) in [5, 5.41) is 27.5. The normalized spacial score (nSPS) is 18.9. The molecule has 4 atom stereocenters. The van der Waals surface area contributed by atoms with Crippen LogP contribution in [0.2, 0.25) is 0 Å². The zero-order chi connectivity index (χ0) is 47.6. The topological polar surface area (TPSA) is 170 Å². The minimum atomic E-state index is -0.243. The Morgan fingerprint density at radius 2 is 1.12 bits per heavy atom. The van der Waals surface area contributed by atoms with E-state index in [1.165, 1.54) is 44.6 Å². The average molecular weight is 904 g/mol. The molecule has 2 aliphatic rings. The lowest BCUT2D eigenvalue weighted by Crippen LogP contribution is -2.44. The number of likely N-dealkylation sites (tertiary alicyclic amines) is 2. The number of nitrogens with one attached hydrogen (secondary N) is 1. The van der Waals surface area contributed by atoms with Gasteiger partial charge >= 0.3 is 0 Å². The van der Waals surface area contributed by atoms with Crippen LogP contribution in [-0.4, -0.2) is 77.1 Å². The fraction of sp³-hybridized carbons (Fsp3) is 0.455. The number of nitrogens with zero attached hydrogens (tertiary/aromatic N) is 7. The van der Waals surface area contributed by atoms with Crippen molar-refractivity contribution < 1.29 is 5.11 Å². The van der Waals surface area contributed by atoms with Gasteiger partial charge in [-0.25, -0.2) is 9.97 Å². The zero-order valence-corrected chi connectivity index (χ0v) is 40.2. The molecule has 0 unspecified atom stereocenters. The molecule has 12 heteroatoms. The Bertz CT molecular complexity index is 2820. The van der Waals surface area contributed by atoms with Gasteiger partial charge in [-0.2, -0.15) is 5.26 Å². The molecule has 0 saturated carbocycles. The van der Waals surface area contributed by atoms with Gasteiger partial charge < -0.3 is 20.0 Å². The number of nitrogen functional groups attached to an aromatic ring is 1. The highest BCUT2D eigenvalue weighted by Gasteiger charge is 2.25. The van der Waals surface area contributed by atoms with Gasteiger partial charge in [0.1, 0.15) is 23.0 Å². The maximum absolute atomic E-state index is 13.5. The third kappa shape index (κ3) is 11.5. The summed E-state index contributed by atoms with van der Waals surface area (Å²) in [4.78, 5) is 41.6. The summed E-state index contributed by atoms with van der Waals surface area (Å²) >= 11 is 0. The minimum absolute atomic E-state index is 0.0544. The van der Waals surface area contributed by atoms with Gasteiger partial charge in [-0.1, -0.05) is 56.0 Å². The molecule has 4 heterocycles. The van der Waals surface area contributed by atoms with Crippen LogP contribution in [0.5, 0.6) is 5.75 Å². The van der Waals surface area contributed by atoms with E-state index in [2.05, 4.69) is 48.5 Å². The first-order valence-corrected chi connectivity index (χ1v) is 24.6. The fourth-order valence-electron chi connectivity index (χ4n) is 10.3. The Hall–Kier alpha value is -6.16. The number of benzene rings is 4. The second-order valence-electron chi connectivity index (χ2n) is 19.0. The van der Waals surface area contributed by atoms with Crippen molar-refractivity contribution >= 4 is 27.9 Å². The monoisotopic (exact) mass is 904 g/mol. The molecule has 0 aliphatic carbocycles. The number of aromatic hydroxyl groups is 1. The summed E-state index contributed by atoms with van der Waals surface area (Å²) in [7, 11) is 0. The van der Waals surface area contributed by atoms with Crippen LogP contribution >= 0.6 is 0 Å². The van der Waals surface area contributed by atoms with E-state index < -0.39 is 0 Å². The molecule has 12 nitrogen and oxygen atoms in total. The molecule has 2 saturated heterocycles. The molecule has 67 heavy (non-hydrogen) atoms. The van der Waals surface area contributed by atoms with Crippen molar-refractivity contribution in [3.8, 4) is 34.3 Å². The predicted molar refractivity (Wildman–Crippen MR) is 272 cm³/mol. The average Bonchev–Trinajstić information content (AvgIpc) is 3.32. The third-order valence-corrected chi connectivity index (χ3v) is 14.2. The maximum atomic E-state index is 13.5. The van der Waals surface area contributed by atoms with Crippen LogP contribution in [0.1, 0.15) is 121 Å². The van der Waals surface area contributed by atoms with E-state index in [1.807, 2.05) is 66.1 Å². The zero-order valence-electron chi connectivity index (χ0n) is 40.2. The second kappa shape index (κ2) is 22.6. The van der Waals surface area contributed by atoms with Crippen molar-refractivity contribution in [2.24, 2.45) is 5.73 Å². The number of rotatable bonds is 15. The number of phenolic OH excluding ortho intramolecular Hbond substituents is 1. The number of aromatic nitrogens is 4. The van der Waals surface area contributed by atoms with E-state index in [0.29, 0.717) is 65.2 Å². The van der Waals surface area contributed by atoms with Crippen molar-refractivity contribution in [3.05, 3.63) is 122 Å². The molecule has 2 fully saturated rings. The van der Waals surface area contributed by atoms with Crippen molar-refractivity contribution in [2.45, 2.75) is 149 Å². The Morgan fingerprint density at radius 1 is 0.657 bits per heavy atom. The molecule has 0 bridgehead atoms. The van der Waals surface area contributed by atoms with E-state index in [-0.39, 0.29) is 28.4 Å². The molecular formula is C55H69N9O3. The number of phenols is 1. The molecule has 352 valence electrons. The molecule has 2 aromatic heterocycles. The predicted octanol–water partition coefficient (Wildman–Crippen LogP) is 10.2. The fourth-order valence-corrected chi connectivity index (χ4v) is 10.3. The summed E-state index contributed by atoms with van der Waals surface area (Å²) in [5.41, 5.74) is 12.0. The summed E-state index contributed by atoms with van der Waals surface area (Å²) in [6.45, 7) is 14.8. The lowest BCUT2D eigenvalue weighted by molar-refractivity contribution is 0.101. The van der Waals surface area contributed by atoms with Gasteiger partial charge in [-0.05, 0) is 159 Å². The number of unbranched alkanes of at least 4 members (excludes halogenated alkanes) is 4. The molecule has 2 aliphatic heterocycles. The quantitative estimate of drug-likeness (QED) is 0.0516. The van der Waals surface area contributed by atoms with Crippen LogP contribution < -0.4 is 16.9 Å². The first kappa shape index (κ1) is 48.8. The summed E-state index contributed by atoms with van der Waals surface area (Å²) < 4.78 is 3.64. The highest BCUT2D eigenvalue weighted by molar-refractivity contribution is 5.96.